The van der Waals surface area contributed by atoms with E-state index in [1.165, 1.54) is 11.3 Å². The van der Waals surface area contributed by atoms with Crippen LogP contribution in [-0.2, 0) is 11.2 Å². The van der Waals surface area contributed by atoms with Crippen molar-refractivity contribution in [2.75, 3.05) is 31.1 Å². The van der Waals surface area contributed by atoms with E-state index in [0.29, 0.717) is 24.6 Å². The van der Waals surface area contributed by atoms with Crippen molar-refractivity contribution in [2.45, 2.75) is 26.7 Å². The van der Waals surface area contributed by atoms with Crippen molar-refractivity contribution >= 4 is 11.6 Å². The molecule has 3 aromatic rings. The van der Waals surface area contributed by atoms with Gasteiger partial charge in [0.25, 0.3) is 0 Å². The molecular formula is C23H26N4O2. The second kappa shape index (κ2) is 8.47. The van der Waals surface area contributed by atoms with Gasteiger partial charge >= 0.3 is 0 Å². The van der Waals surface area contributed by atoms with Crippen molar-refractivity contribution in [2.24, 2.45) is 0 Å². The number of anilines is 1. The minimum absolute atomic E-state index is 0.143. The molecule has 0 bridgehead atoms. The van der Waals surface area contributed by atoms with Crippen molar-refractivity contribution in [1.82, 2.24) is 15.0 Å². The van der Waals surface area contributed by atoms with Crippen molar-refractivity contribution in [3.05, 3.63) is 65.5 Å². The van der Waals surface area contributed by atoms with Crippen LogP contribution < -0.4 is 4.90 Å². The minimum atomic E-state index is 0.143. The van der Waals surface area contributed by atoms with Crippen molar-refractivity contribution < 1.29 is 9.32 Å². The van der Waals surface area contributed by atoms with E-state index in [1.54, 1.807) is 0 Å². The number of rotatable bonds is 5. The van der Waals surface area contributed by atoms with Crippen LogP contribution in [0, 0.1) is 13.8 Å². The zero-order valence-corrected chi connectivity index (χ0v) is 17.0. The molecule has 150 valence electrons. The lowest BCUT2D eigenvalue weighted by molar-refractivity contribution is -0.131. The van der Waals surface area contributed by atoms with Crippen LogP contribution in [0.1, 0.15) is 23.4 Å². The van der Waals surface area contributed by atoms with Gasteiger partial charge in [-0.05, 0) is 37.1 Å². The fourth-order valence-electron chi connectivity index (χ4n) is 3.70. The van der Waals surface area contributed by atoms with E-state index in [0.717, 1.165) is 37.3 Å². The van der Waals surface area contributed by atoms with Crippen LogP contribution in [0.15, 0.2) is 53.1 Å². The maximum Gasteiger partial charge on any atom is 0.227 e. The van der Waals surface area contributed by atoms with Gasteiger partial charge in [-0.15, -0.1) is 0 Å². The van der Waals surface area contributed by atoms with Crippen molar-refractivity contribution in [3.63, 3.8) is 0 Å². The lowest BCUT2D eigenvalue weighted by Gasteiger charge is -2.36. The van der Waals surface area contributed by atoms with E-state index in [1.807, 2.05) is 36.1 Å². The second-order valence-corrected chi connectivity index (χ2v) is 7.53. The average molecular weight is 390 g/mol. The number of amides is 1. The zero-order chi connectivity index (χ0) is 20.2. The molecule has 4 rings (SSSR count). The molecule has 2 heterocycles. The summed E-state index contributed by atoms with van der Waals surface area (Å²) in [5.41, 5.74) is 4.54. The standard InChI is InChI=1S/C23H26N4O2/c1-17-6-5-8-19(16-17)26-12-14-27(15-13-26)22(28)11-10-21-24-23(25-29-21)20-9-4-3-7-18(20)2/h3-9,16H,10-15H2,1-2H3. The highest BCUT2D eigenvalue weighted by Gasteiger charge is 2.22. The Morgan fingerprint density at radius 3 is 2.59 bits per heavy atom. The summed E-state index contributed by atoms with van der Waals surface area (Å²) in [7, 11) is 0. The molecule has 1 aromatic heterocycles. The molecule has 0 saturated carbocycles. The van der Waals surface area contributed by atoms with E-state index in [-0.39, 0.29) is 5.91 Å². The summed E-state index contributed by atoms with van der Waals surface area (Å²) in [6.45, 7) is 7.31. The van der Waals surface area contributed by atoms with Gasteiger partial charge in [-0.2, -0.15) is 4.98 Å². The molecular weight excluding hydrogens is 364 g/mol. The van der Waals surface area contributed by atoms with Crippen LogP contribution in [0.3, 0.4) is 0 Å². The molecule has 0 radical (unpaired) electrons. The monoisotopic (exact) mass is 390 g/mol. The van der Waals surface area contributed by atoms with Gasteiger partial charge in [0.2, 0.25) is 17.6 Å². The number of aromatic nitrogens is 2. The number of hydrogen-bond acceptors (Lipinski definition) is 5. The van der Waals surface area contributed by atoms with Gasteiger partial charge < -0.3 is 14.3 Å². The van der Waals surface area contributed by atoms with E-state index < -0.39 is 0 Å². The number of carbonyl (C=O) groups excluding carboxylic acids is 1. The van der Waals surface area contributed by atoms with Gasteiger partial charge in [-0.1, -0.05) is 41.6 Å². The lowest BCUT2D eigenvalue weighted by atomic mass is 10.1. The molecule has 1 saturated heterocycles. The quantitative estimate of drug-likeness (QED) is 0.666. The number of aryl methyl sites for hydroxylation is 3. The summed E-state index contributed by atoms with van der Waals surface area (Å²) >= 11 is 0. The molecule has 1 fully saturated rings. The first-order valence-electron chi connectivity index (χ1n) is 10.1. The van der Waals surface area contributed by atoms with Gasteiger partial charge in [0.15, 0.2) is 0 Å². The number of benzene rings is 2. The Labute approximate surface area is 171 Å². The lowest BCUT2D eigenvalue weighted by Crippen LogP contribution is -2.48. The Kier molecular flexibility index (Phi) is 5.60. The van der Waals surface area contributed by atoms with Gasteiger partial charge in [-0.25, -0.2) is 0 Å². The highest BCUT2D eigenvalue weighted by atomic mass is 16.5. The summed E-state index contributed by atoms with van der Waals surface area (Å²) in [5.74, 6) is 1.23. The molecule has 29 heavy (non-hydrogen) atoms. The zero-order valence-electron chi connectivity index (χ0n) is 17.0. The summed E-state index contributed by atoms with van der Waals surface area (Å²) in [4.78, 5) is 21.4. The number of hydrogen-bond donors (Lipinski definition) is 0. The van der Waals surface area contributed by atoms with Gasteiger partial charge in [-0.3, -0.25) is 4.79 Å². The van der Waals surface area contributed by atoms with Crippen LogP contribution in [-0.4, -0.2) is 47.1 Å². The number of carbonyl (C=O) groups is 1. The third-order valence-electron chi connectivity index (χ3n) is 5.41. The molecule has 0 N–H and O–H groups in total. The molecule has 1 amide bonds. The van der Waals surface area contributed by atoms with Crippen LogP contribution in [0.25, 0.3) is 11.4 Å². The largest absolute Gasteiger partial charge is 0.368 e. The fourth-order valence-corrected chi connectivity index (χ4v) is 3.70. The smallest absolute Gasteiger partial charge is 0.227 e. The van der Waals surface area contributed by atoms with Crippen molar-refractivity contribution in [3.8, 4) is 11.4 Å². The molecule has 0 aliphatic carbocycles. The van der Waals surface area contributed by atoms with Crippen LogP contribution >= 0.6 is 0 Å². The Hall–Kier alpha value is -3.15. The third-order valence-corrected chi connectivity index (χ3v) is 5.41. The van der Waals surface area contributed by atoms with Gasteiger partial charge in [0.1, 0.15) is 0 Å². The summed E-state index contributed by atoms with van der Waals surface area (Å²) in [6.07, 6.45) is 0.857. The number of piperazine rings is 1. The van der Waals surface area contributed by atoms with Gasteiger partial charge in [0.05, 0.1) is 0 Å². The number of nitrogens with zero attached hydrogens (tertiary/aromatic N) is 4. The SMILES string of the molecule is Cc1cccc(N2CCN(C(=O)CCc3nc(-c4ccccc4C)no3)CC2)c1. The van der Waals surface area contributed by atoms with Crippen LogP contribution in [0.4, 0.5) is 5.69 Å². The minimum Gasteiger partial charge on any atom is -0.368 e. The predicted molar refractivity (Wildman–Crippen MR) is 113 cm³/mol. The first kappa shape index (κ1) is 19.2. The van der Waals surface area contributed by atoms with E-state index in [4.69, 9.17) is 4.52 Å². The predicted octanol–water partition coefficient (Wildman–Crippen LogP) is 3.63. The maximum atomic E-state index is 12.6. The molecule has 6 nitrogen and oxygen atoms in total. The fraction of sp³-hybridized carbons (Fsp3) is 0.348. The average Bonchev–Trinajstić information content (AvgIpc) is 3.21. The Bertz CT molecular complexity index is 990. The Morgan fingerprint density at radius 1 is 1.03 bits per heavy atom. The third kappa shape index (κ3) is 4.47. The maximum absolute atomic E-state index is 12.6. The van der Waals surface area contributed by atoms with E-state index in [2.05, 4.69) is 46.2 Å². The van der Waals surface area contributed by atoms with E-state index in [9.17, 15) is 4.79 Å². The second-order valence-electron chi connectivity index (χ2n) is 7.53. The highest BCUT2D eigenvalue weighted by Crippen LogP contribution is 2.21. The molecule has 6 heteroatoms. The Morgan fingerprint density at radius 2 is 1.83 bits per heavy atom. The molecule has 1 aliphatic rings. The summed E-state index contributed by atoms with van der Waals surface area (Å²) in [6, 6.07) is 16.4. The first-order chi connectivity index (χ1) is 14.1. The highest BCUT2D eigenvalue weighted by molar-refractivity contribution is 5.76. The van der Waals surface area contributed by atoms with E-state index >= 15 is 0 Å². The Balaban J connectivity index is 1.29. The van der Waals surface area contributed by atoms with Crippen LogP contribution in [0.5, 0.6) is 0 Å². The molecule has 0 unspecified atom stereocenters. The molecule has 1 aliphatic heterocycles. The van der Waals surface area contributed by atoms with Gasteiger partial charge in [0, 0.05) is 50.3 Å². The summed E-state index contributed by atoms with van der Waals surface area (Å²) in [5, 5.41) is 4.07. The van der Waals surface area contributed by atoms with Crippen LogP contribution in [0.2, 0.25) is 0 Å². The first-order valence-corrected chi connectivity index (χ1v) is 10.1. The molecule has 0 atom stereocenters. The normalized spacial score (nSPS) is 14.3. The molecule has 0 spiro atoms. The summed E-state index contributed by atoms with van der Waals surface area (Å²) < 4.78 is 5.36. The topological polar surface area (TPSA) is 62.5 Å². The molecule has 2 aromatic carbocycles. The van der Waals surface area contributed by atoms with Crippen molar-refractivity contribution in [1.29, 1.82) is 0 Å².